The Morgan fingerprint density at radius 1 is 1.19 bits per heavy atom. The first-order chi connectivity index (χ1) is 9.81. The van der Waals surface area contributed by atoms with E-state index in [0.717, 1.165) is 11.3 Å². The predicted octanol–water partition coefficient (Wildman–Crippen LogP) is 2.70. The van der Waals surface area contributed by atoms with Crippen LogP contribution in [0.3, 0.4) is 0 Å². The van der Waals surface area contributed by atoms with Crippen molar-refractivity contribution in [3.8, 4) is 0 Å². The van der Waals surface area contributed by atoms with Gasteiger partial charge in [0, 0.05) is 23.4 Å². The minimum absolute atomic E-state index is 0.0559. The molecule has 112 valence electrons. The molecule has 0 aromatic carbocycles. The van der Waals surface area contributed by atoms with Gasteiger partial charge in [-0.2, -0.15) is 0 Å². The third-order valence-electron chi connectivity index (χ3n) is 2.68. The largest absolute Gasteiger partial charge is 0.372 e. The normalized spacial score (nSPS) is 11.2. The summed E-state index contributed by atoms with van der Waals surface area (Å²) in [6.07, 6.45) is 1.53. The first-order valence-electron chi connectivity index (χ1n) is 6.13. The van der Waals surface area contributed by atoms with Gasteiger partial charge in [-0.3, -0.25) is 4.72 Å². The Balaban J connectivity index is 2.45. The molecule has 0 aliphatic carbocycles. The van der Waals surface area contributed by atoms with Crippen molar-refractivity contribution in [1.82, 2.24) is 9.97 Å². The van der Waals surface area contributed by atoms with Crippen LogP contribution in [0.15, 0.2) is 33.8 Å². The molecule has 0 amide bonds. The monoisotopic (exact) mass is 370 g/mol. The number of rotatable bonds is 4. The summed E-state index contributed by atoms with van der Waals surface area (Å²) >= 11 is 3.23. The molecule has 21 heavy (non-hydrogen) atoms. The van der Waals surface area contributed by atoms with Crippen molar-refractivity contribution in [2.24, 2.45) is 0 Å². The fourth-order valence-corrected chi connectivity index (χ4v) is 3.56. The van der Waals surface area contributed by atoms with E-state index in [1.54, 1.807) is 13.1 Å². The lowest BCUT2D eigenvalue weighted by Gasteiger charge is -2.12. The van der Waals surface area contributed by atoms with Gasteiger partial charge in [-0.05, 0) is 53.5 Å². The summed E-state index contributed by atoms with van der Waals surface area (Å²) in [5.41, 5.74) is 1.68. The smallest absolute Gasteiger partial charge is 0.266 e. The highest BCUT2D eigenvalue weighted by Gasteiger charge is 2.20. The second-order valence-electron chi connectivity index (χ2n) is 4.53. The Morgan fingerprint density at radius 3 is 2.52 bits per heavy atom. The molecule has 0 aliphatic heterocycles. The maximum Gasteiger partial charge on any atom is 0.266 e. The van der Waals surface area contributed by atoms with Crippen LogP contribution in [-0.2, 0) is 10.0 Å². The number of sulfonamides is 1. The van der Waals surface area contributed by atoms with Crippen LogP contribution in [0.2, 0.25) is 0 Å². The van der Waals surface area contributed by atoms with Gasteiger partial charge in [0.25, 0.3) is 10.0 Å². The van der Waals surface area contributed by atoms with E-state index in [2.05, 4.69) is 35.9 Å². The first kappa shape index (κ1) is 15.7. The fourth-order valence-electron chi connectivity index (χ4n) is 1.90. The zero-order chi connectivity index (χ0) is 15.6. The van der Waals surface area contributed by atoms with Crippen LogP contribution in [0.25, 0.3) is 0 Å². The van der Waals surface area contributed by atoms with Crippen molar-refractivity contribution in [3.63, 3.8) is 0 Å². The molecule has 2 rings (SSSR count). The van der Waals surface area contributed by atoms with Crippen LogP contribution in [0.5, 0.6) is 0 Å². The molecule has 2 aromatic heterocycles. The number of hydrogen-bond donors (Lipinski definition) is 2. The molecule has 8 heteroatoms. The molecular weight excluding hydrogens is 356 g/mol. The van der Waals surface area contributed by atoms with Crippen molar-refractivity contribution in [2.75, 3.05) is 17.1 Å². The van der Waals surface area contributed by atoms with Gasteiger partial charge < -0.3 is 5.32 Å². The van der Waals surface area contributed by atoms with Crippen LogP contribution in [0, 0.1) is 13.8 Å². The average molecular weight is 371 g/mol. The molecule has 0 fully saturated rings. The SMILES string of the molecule is CNc1ncc(Br)cc1S(=O)(=O)Nc1cc(C)cc(C)n1. The lowest BCUT2D eigenvalue weighted by Crippen LogP contribution is -2.16. The number of aromatic nitrogens is 2. The van der Waals surface area contributed by atoms with Gasteiger partial charge in [-0.1, -0.05) is 0 Å². The van der Waals surface area contributed by atoms with Gasteiger partial charge in [-0.25, -0.2) is 18.4 Å². The van der Waals surface area contributed by atoms with Crippen molar-refractivity contribution in [3.05, 3.63) is 40.1 Å². The highest BCUT2D eigenvalue weighted by Crippen LogP contribution is 2.24. The molecule has 0 aliphatic rings. The number of pyridine rings is 2. The molecule has 2 aromatic rings. The maximum absolute atomic E-state index is 12.5. The number of nitrogens with zero attached hydrogens (tertiary/aromatic N) is 2. The molecule has 0 unspecified atom stereocenters. The van der Waals surface area contributed by atoms with E-state index in [9.17, 15) is 8.42 Å². The van der Waals surface area contributed by atoms with E-state index >= 15 is 0 Å². The standard InChI is InChI=1S/C13H15BrN4O2S/c1-8-4-9(2)17-12(5-8)18-21(19,20)11-6-10(14)7-16-13(11)15-3/h4-7H,1-3H3,(H,15,16)(H,17,18). The van der Waals surface area contributed by atoms with Crippen molar-refractivity contribution in [1.29, 1.82) is 0 Å². The van der Waals surface area contributed by atoms with Gasteiger partial charge in [0.05, 0.1) is 0 Å². The molecule has 6 nitrogen and oxygen atoms in total. The summed E-state index contributed by atoms with van der Waals surface area (Å²) in [6.45, 7) is 3.69. The third-order valence-corrected chi connectivity index (χ3v) is 4.48. The molecule has 0 saturated carbocycles. The van der Waals surface area contributed by atoms with E-state index < -0.39 is 10.0 Å². The van der Waals surface area contributed by atoms with Crippen molar-refractivity contribution in [2.45, 2.75) is 18.7 Å². The molecule has 0 radical (unpaired) electrons. The van der Waals surface area contributed by atoms with E-state index in [1.165, 1.54) is 12.3 Å². The summed E-state index contributed by atoms with van der Waals surface area (Å²) in [4.78, 5) is 8.28. The average Bonchev–Trinajstić information content (AvgIpc) is 2.36. The lowest BCUT2D eigenvalue weighted by molar-refractivity contribution is 0.601. The van der Waals surface area contributed by atoms with Crippen molar-refractivity contribution < 1.29 is 8.42 Å². The Kier molecular flexibility index (Phi) is 4.48. The minimum atomic E-state index is -3.78. The van der Waals surface area contributed by atoms with E-state index in [-0.39, 0.29) is 16.5 Å². The summed E-state index contributed by atoms with van der Waals surface area (Å²) < 4.78 is 28.1. The van der Waals surface area contributed by atoms with Gasteiger partial charge in [0.15, 0.2) is 0 Å². The predicted molar refractivity (Wildman–Crippen MR) is 86.0 cm³/mol. The summed E-state index contributed by atoms with van der Waals surface area (Å²) in [5, 5.41) is 2.77. The van der Waals surface area contributed by atoms with Crippen LogP contribution >= 0.6 is 15.9 Å². The minimum Gasteiger partial charge on any atom is -0.372 e. The second kappa shape index (κ2) is 5.98. The molecule has 0 atom stereocenters. The quantitative estimate of drug-likeness (QED) is 0.864. The number of nitrogens with one attached hydrogen (secondary N) is 2. The summed E-state index contributed by atoms with van der Waals surface area (Å²) in [6, 6.07) is 5.04. The molecule has 0 spiro atoms. The molecule has 0 saturated heterocycles. The highest BCUT2D eigenvalue weighted by molar-refractivity contribution is 9.10. The zero-order valence-electron chi connectivity index (χ0n) is 11.8. The molecule has 0 bridgehead atoms. The zero-order valence-corrected chi connectivity index (χ0v) is 14.2. The van der Waals surface area contributed by atoms with Gasteiger partial charge >= 0.3 is 0 Å². The number of anilines is 2. The second-order valence-corrected chi connectivity index (χ2v) is 7.09. The van der Waals surface area contributed by atoms with Crippen LogP contribution in [-0.4, -0.2) is 25.4 Å². The fraction of sp³-hybridized carbons (Fsp3) is 0.231. The summed E-state index contributed by atoms with van der Waals surface area (Å²) in [5.74, 6) is 0.560. The van der Waals surface area contributed by atoms with Crippen molar-refractivity contribution >= 4 is 37.6 Å². The van der Waals surface area contributed by atoms with Crippen LogP contribution in [0.1, 0.15) is 11.3 Å². The topological polar surface area (TPSA) is 84.0 Å². The van der Waals surface area contributed by atoms with Crippen LogP contribution in [0.4, 0.5) is 11.6 Å². The van der Waals surface area contributed by atoms with Crippen LogP contribution < -0.4 is 10.0 Å². The van der Waals surface area contributed by atoms with Gasteiger partial charge in [0.1, 0.15) is 16.5 Å². The van der Waals surface area contributed by atoms with Gasteiger partial charge in [0.2, 0.25) is 0 Å². The van der Waals surface area contributed by atoms with Gasteiger partial charge in [-0.15, -0.1) is 0 Å². The number of hydrogen-bond acceptors (Lipinski definition) is 5. The van der Waals surface area contributed by atoms with E-state index in [0.29, 0.717) is 4.47 Å². The Morgan fingerprint density at radius 2 is 1.90 bits per heavy atom. The highest BCUT2D eigenvalue weighted by atomic mass is 79.9. The Hall–Kier alpha value is -1.67. The van der Waals surface area contributed by atoms with E-state index in [1.807, 2.05) is 19.9 Å². The van der Waals surface area contributed by atoms with E-state index in [4.69, 9.17) is 0 Å². The third kappa shape index (κ3) is 3.70. The Bertz CT molecular complexity index is 757. The number of aryl methyl sites for hydroxylation is 2. The number of halogens is 1. The first-order valence-corrected chi connectivity index (χ1v) is 8.41. The molecule has 2 heterocycles. The maximum atomic E-state index is 12.5. The molecular formula is C13H15BrN4O2S. The Labute approximate surface area is 132 Å². The summed E-state index contributed by atoms with van der Waals surface area (Å²) in [7, 11) is -2.16. The lowest BCUT2D eigenvalue weighted by atomic mass is 10.2. The molecule has 2 N–H and O–H groups in total.